The van der Waals surface area contributed by atoms with Crippen molar-refractivity contribution in [1.29, 1.82) is 0 Å². The molecule has 6 heteroatoms. The van der Waals surface area contributed by atoms with Crippen LogP contribution >= 0.6 is 0 Å². The van der Waals surface area contributed by atoms with Gasteiger partial charge in [0, 0.05) is 12.1 Å². The summed E-state index contributed by atoms with van der Waals surface area (Å²) in [7, 11) is 0. The van der Waals surface area contributed by atoms with Gasteiger partial charge in [-0.25, -0.2) is 0 Å². The summed E-state index contributed by atoms with van der Waals surface area (Å²) >= 11 is 0. The van der Waals surface area contributed by atoms with Gasteiger partial charge in [-0.15, -0.1) is 0 Å². The van der Waals surface area contributed by atoms with Crippen molar-refractivity contribution >= 4 is 23.4 Å². The Hall–Kier alpha value is -2.37. The Balaban J connectivity index is 1.93. The summed E-state index contributed by atoms with van der Waals surface area (Å²) in [4.78, 5) is 34.7. The van der Waals surface area contributed by atoms with E-state index in [1.165, 1.54) is 0 Å². The summed E-state index contributed by atoms with van der Waals surface area (Å²) in [6.45, 7) is 4.11. The molecule has 2 rings (SSSR count). The van der Waals surface area contributed by atoms with Gasteiger partial charge in [0.2, 0.25) is 5.91 Å². The van der Waals surface area contributed by atoms with Crippen molar-refractivity contribution in [2.75, 3.05) is 5.32 Å². The number of hydrogen-bond acceptors (Lipinski definition) is 3. The van der Waals surface area contributed by atoms with E-state index < -0.39 is 5.92 Å². The van der Waals surface area contributed by atoms with Gasteiger partial charge in [-0.2, -0.15) is 0 Å². The standard InChI is InChI=1S/C15H19N3O3/c1-9(2)10-5-3-4-6-12(10)16-13(19)8-7-11-14(20)17-18-15(11)21/h3-6,9,11H,7-8H2,1-2H3,(H,16,19)(H,17,20)(H,18,21). The molecule has 21 heavy (non-hydrogen) atoms. The Morgan fingerprint density at radius 2 is 1.81 bits per heavy atom. The quantitative estimate of drug-likeness (QED) is 0.714. The summed E-state index contributed by atoms with van der Waals surface area (Å²) in [5.74, 6) is -1.44. The van der Waals surface area contributed by atoms with Gasteiger partial charge in [-0.1, -0.05) is 32.0 Å². The van der Waals surface area contributed by atoms with E-state index in [0.717, 1.165) is 11.3 Å². The van der Waals surface area contributed by atoms with E-state index in [4.69, 9.17) is 0 Å². The number of benzene rings is 1. The molecule has 0 spiro atoms. The summed E-state index contributed by atoms with van der Waals surface area (Å²) in [6, 6.07) is 7.61. The number of carbonyl (C=O) groups excluding carboxylic acids is 3. The molecule has 3 N–H and O–H groups in total. The van der Waals surface area contributed by atoms with Gasteiger partial charge in [-0.3, -0.25) is 25.2 Å². The molecule has 0 aromatic heterocycles. The Morgan fingerprint density at radius 3 is 2.43 bits per heavy atom. The molecule has 1 heterocycles. The predicted molar refractivity (Wildman–Crippen MR) is 78.2 cm³/mol. The molecule has 6 nitrogen and oxygen atoms in total. The van der Waals surface area contributed by atoms with Gasteiger partial charge in [0.25, 0.3) is 11.8 Å². The summed E-state index contributed by atoms with van der Waals surface area (Å²) < 4.78 is 0. The molecule has 0 saturated carbocycles. The SMILES string of the molecule is CC(C)c1ccccc1NC(=O)CCC1C(=O)NNC1=O. The lowest BCUT2D eigenvalue weighted by Gasteiger charge is -2.13. The average Bonchev–Trinajstić information content (AvgIpc) is 2.76. The molecule has 1 aliphatic rings. The average molecular weight is 289 g/mol. The highest BCUT2D eigenvalue weighted by molar-refractivity contribution is 6.05. The minimum Gasteiger partial charge on any atom is -0.326 e. The van der Waals surface area contributed by atoms with Crippen LogP contribution in [0.3, 0.4) is 0 Å². The molecular formula is C15H19N3O3. The number of carbonyl (C=O) groups is 3. The maximum Gasteiger partial charge on any atom is 0.251 e. The smallest absolute Gasteiger partial charge is 0.251 e. The van der Waals surface area contributed by atoms with Crippen molar-refractivity contribution in [3.05, 3.63) is 29.8 Å². The summed E-state index contributed by atoms with van der Waals surface area (Å²) in [5.41, 5.74) is 6.33. The molecular weight excluding hydrogens is 270 g/mol. The largest absolute Gasteiger partial charge is 0.326 e. The first-order valence-corrected chi connectivity index (χ1v) is 6.97. The van der Waals surface area contributed by atoms with E-state index in [1.54, 1.807) is 0 Å². The van der Waals surface area contributed by atoms with E-state index in [9.17, 15) is 14.4 Å². The van der Waals surface area contributed by atoms with Crippen molar-refractivity contribution in [3.63, 3.8) is 0 Å². The van der Waals surface area contributed by atoms with Crippen molar-refractivity contribution in [2.24, 2.45) is 5.92 Å². The van der Waals surface area contributed by atoms with Crippen LogP contribution < -0.4 is 16.2 Å². The van der Waals surface area contributed by atoms with Gasteiger partial charge in [-0.05, 0) is 24.0 Å². The van der Waals surface area contributed by atoms with E-state index in [0.29, 0.717) is 5.92 Å². The Morgan fingerprint density at radius 1 is 1.19 bits per heavy atom. The first kappa shape index (κ1) is 15.0. The van der Waals surface area contributed by atoms with Gasteiger partial charge in [0.1, 0.15) is 5.92 Å². The molecule has 1 aliphatic heterocycles. The van der Waals surface area contributed by atoms with Crippen LogP contribution in [0.2, 0.25) is 0 Å². The zero-order valence-electron chi connectivity index (χ0n) is 12.1. The topological polar surface area (TPSA) is 87.3 Å². The first-order chi connectivity index (χ1) is 9.99. The molecule has 1 fully saturated rings. The number of amides is 3. The third-order valence-corrected chi connectivity index (χ3v) is 3.46. The van der Waals surface area contributed by atoms with E-state index in [-0.39, 0.29) is 30.6 Å². The normalized spacial score (nSPS) is 15.0. The van der Waals surface area contributed by atoms with Crippen LogP contribution in [-0.4, -0.2) is 17.7 Å². The van der Waals surface area contributed by atoms with Gasteiger partial charge in [0.15, 0.2) is 0 Å². The van der Waals surface area contributed by atoms with Crippen molar-refractivity contribution in [3.8, 4) is 0 Å². The molecule has 1 aromatic rings. The molecule has 1 saturated heterocycles. The lowest BCUT2D eigenvalue weighted by molar-refractivity contribution is -0.128. The molecule has 0 atom stereocenters. The zero-order valence-corrected chi connectivity index (χ0v) is 12.1. The molecule has 0 bridgehead atoms. The van der Waals surface area contributed by atoms with E-state index in [1.807, 2.05) is 24.3 Å². The highest BCUT2D eigenvalue weighted by Crippen LogP contribution is 2.24. The van der Waals surface area contributed by atoms with Crippen LogP contribution in [0.4, 0.5) is 5.69 Å². The predicted octanol–water partition coefficient (Wildman–Crippen LogP) is 1.31. The fraction of sp³-hybridized carbons (Fsp3) is 0.400. The maximum absolute atomic E-state index is 12.0. The molecule has 0 unspecified atom stereocenters. The lowest BCUT2D eigenvalue weighted by Crippen LogP contribution is -2.28. The summed E-state index contributed by atoms with van der Waals surface area (Å²) in [5, 5.41) is 2.84. The second-order valence-electron chi connectivity index (χ2n) is 5.36. The Labute approximate surface area is 123 Å². The molecule has 0 radical (unpaired) electrons. The number of hydrogen-bond donors (Lipinski definition) is 3. The van der Waals surface area contributed by atoms with Crippen LogP contribution in [0.25, 0.3) is 0 Å². The van der Waals surface area contributed by atoms with Crippen LogP contribution in [0.15, 0.2) is 24.3 Å². The third kappa shape index (κ3) is 3.59. The van der Waals surface area contributed by atoms with Crippen molar-refractivity contribution < 1.29 is 14.4 Å². The van der Waals surface area contributed by atoms with Crippen LogP contribution in [0.5, 0.6) is 0 Å². The third-order valence-electron chi connectivity index (χ3n) is 3.46. The van der Waals surface area contributed by atoms with Gasteiger partial charge >= 0.3 is 0 Å². The minimum atomic E-state index is -0.781. The minimum absolute atomic E-state index is 0.123. The number of anilines is 1. The van der Waals surface area contributed by atoms with E-state index >= 15 is 0 Å². The second-order valence-corrected chi connectivity index (χ2v) is 5.36. The monoisotopic (exact) mass is 289 g/mol. The van der Waals surface area contributed by atoms with Crippen LogP contribution in [0.1, 0.15) is 38.2 Å². The van der Waals surface area contributed by atoms with Crippen LogP contribution in [0, 0.1) is 5.92 Å². The second kappa shape index (κ2) is 6.39. The fourth-order valence-electron chi connectivity index (χ4n) is 2.28. The summed E-state index contributed by atoms with van der Waals surface area (Å²) in [6.07, 6.45) is 0.325. The number of nitrogens with one attached hydrogen (secondary N) is 3. The van der Waals surface area contributed by atoms with Crippen LogP contribution in [-0.2, 0) is 14.4 Å². The first-order valence-electron chi connectivity index (χ1n) is 6.97. The molecule has 3 amide bonds. The molecule has 0 aliphatic carbocycles. The van der Waals surface area contributed by atoms with Crippen molar-refractivity contribution in [1.82, 2.24) is 10.9 Å². The zero-order chi connectivity index (χ0) is 15.4. The lowest BCUT2D eigenvalue weighted by atomic mass is 10.0. The van der Waals surface area contributed by atoms with Gasteiger partial charge in [0.05, 0.1) is 0 Å². The molecule has 1 aromatic carbocycles. The highest BCUT2D eigenvalue weighted by atomic mass is 16.2. The number of para-hydroxylation sites is 1. The highest BCUT2D eigenvalue weighted by Gasteiger charge is 2.32. The van der Waals surface area contributed by atoms with Crippen molar-refractivity contribution in [2.45, 2.75) is 32.6 Å². The number of rotatable bonds is 5. The molecule has 112 valence electrons. The fourth-order valence-corrected chi connectivity index (χ4v) is 2.28. The number of hydrazine groups is 1. The van der Waals surface area contributed by atoms with E-state index in [2.05, 4.69) is 30.0 Å². The Kier molecular flexibility index (Phi) is 4.57. The van der Waals surface area contributed by atoms with Gasteiger partial charge < -0.3 is 5.32 Å². The maximum atomic E-state index is 12.0. The Bertz CT molecular complexity index is 553.